The summed E-state index contributed by atoms with van der Waals surface area (Å²) in [7, 11) is 2.16. The summed E-state index contributed by atoms with van der Waals surface area (Å²) in [6, 6.07) is 4.22. The number of pyridine rings is 1. The van der Waals surface area contributed by atoms with Crippen LogP contribution < -0.4 is 0 Å². The van der Waals surface area contributed by atoms with E-state index in [0.29, 0.717) is 0 Å². The van der Waals surface area contributed by atoms with Gasteiger partial charge in [0.2, 0.25) is 0 Å². The molecular formula is C12H15N3. The summed E-state index contributed by atoms with van der Waals surface area (Å²) in [5.41, 5.74) is 5.03. The SMILES string of the molecule is Cc1cccn2c3c(nc12)CCN(C)C3. The van der Waals surface area contributed by atoms with E-state index in [9.17, 15) is 0 Å². The predicted molar refractivity (Wildman–Crippen MR) is 60.0 cm³/mol. The first kappa shape index (κ1) is 8.92. The van der Waals surface area contributed by atoms with E-state index in [1.807, 2.05) is 0 Å². The van der Waals surface area contributed by atoms with Gasteiger partial charge in [0.25, 0.3) is 0 Å². The summed E-state index contributed by atoms with van der Waals surface area (Å²) < 4.78 is 2.24. The van der Waals surface area contributed by atoms with Gasteiger partial charge in [-0.15, -0.1) is 0 Å². The molecule has 15 heavy (non-hydrogen) atoms. The van der Waals surface area contributed by atoms with Crippen LogP contribution in [-0.2, 0) is 13.0 Å². The first-order valence-corrected chi connectivity index (χ1v) is 5.39. The van der Waals surface area contributed by atoms with E-state index in [1.54, 1.807) is 0 Å². The lowest BCUT2D eigenvalue weighted by molar-refractivity contribution is 0.306. The van der Waals surface area contributed by atoms with Crippen molar-refractivity contribution in [2.45, 2.75) is 19.9 Å². The zero-order valence-corrected chi connectivity index (χ0v) is 9.20. The van der Waals surface area contributed by atoms with Gasteiger partial charge in [-0.25, -0.2) is 4.98 Å². The molecule has 2 aromatic heterocycles. The molecular weight excluding hydrogens is 186 g/mol. The zero-order chi connectivity index (χ0) is 10.4. The number of imidazole rings is 1. The highest BCUT2D eigenvalue weighted by molar-refractivity contribution is 5.50. The van der Waals surface area contributed by atoms with Crippen LogP contribution in [0.2, 0.25) is 0 Å². The molecule has 3 heterocycles. The Labute approximate surface area is 89.3 Å². The Bertz CT molecular complexity index is 513. The Hall–Kier alpha value is -1.35. The number of hydrogen-bond acceptors (Lipinski definition) is 2. The van der Waals surface area contributed by atoms with Crippen LogP contribution in [0.15, 0.2) is 18.3 Å². The first-order valence-electron chi connectivity index (χ1n) is 5.39. The van der Waals surface area contributed by atoms with Crippen LogP contribution in [0, 0.1) is 6.92 Å². The van der Waals surface area contributed by atoms with E-state index in [4.69, 9.17) is 4.98 Å². The van der Waals surface area contributed by atoms with Gasteiger partial charge in [0, 0.05) is 25.7 Å². The van der Waals surface area contributed by atoms with Crippen molar-refractivity contribution >= 4 is 5.65 Å². The fourth-order valence-electron chi connectivity index (χ4n) is 2.30. The van der Waals surface area contributed by atoms with Crippen molar-refractivity contribution in [3.8, 4) is 0 Å². The molecule has 0 amide bonds. The Morgan fingerprint density at radius 2 is 2.27 bits per heavy atom. The molecule has 0 aliphatic carbocycles. The zero-order valence-electron chi connectivity index (χ0n) is 9.20. The lowest BCUT2D eigenvalue weighted by Crippen LogP contribution is -2.27. The lowest BCUT2D eigenvalue weighted by atomic mass is 10.1. The third-order valence-electron chi connectivity index (χ3n) is 3.18. The van der Waals surface area contributed by atoms with Gasteiger partial charge < -0.3 is 9.30 Å². The van der Waals surface area contributed by atoms with E-state index in [0.717, 1.165) is 25.2 Å². The van der Waals surface area contributed by atoms with Crippen LogP contribution in [0.4, 0.5) is 0 Å². The molecule has 3 nitrogen and oxygen atoms in total. The van der Waals surface area contributed by atoms with Gasteiger partial charge in [-0.3, -0.25) is 0 Å². The molecule has 1 aliphatic heterocycles. The Morgan fingerprint density at radius 3 is 3.13 bits per heavy atom. The van der Waals surface area contributed by atoms with Crippen LogP contribution in [0.1, 0.15) is 17.0 Å². The van der Waals surface area contributed by atoms with Crippen LogP contribution in [-0.4, -0.2) is 27.9 Å². The number of rotatable bonds is 0. The van der Waals surface area contributed by atoms with E-state index in [2.05, 4.69) is 41.6 Å². The maximum absolute atomic E-state index is 4.72. The second-order valence-electron chi connectivity index (χ2n) is 4.38. The van der Waals surface area contributed by atoms with Gasteiger partial charge in [0.15, 0.2) is 0 Å². The maximum atomic E-state index is 4.72. The second-order valence-corrected chi connectivity index (χ2v) is 4.38. The normalized spacial score (nSPS) is 16.9. The molecule has 0 atom stereocenters. The average molecular weight is 201 g/mol. The topological polar surface area (TPSA) is 20.5 Å². The smallest absolute Gasteiger partial charge is 0.140 e. The number of likely N-dealkylation sites (N-methyl/N-ethyl adjacent to an activating group) is 1. The minimum absolute atomic E-state index is 1.01. The van der Waals surface area contributed by atoms with Gasteiger partial charge in [0.05, 0.1) is 11.4 Å². The summed E-state index contributed by atoms with van der Waals surface area (Å²) in [5.74, 6) is 0. The summed E-state index contributed by atoms with van der Waals surface area (Å²) in [4.78, 5) is 7.07. The van der Waals surface area contributed by atoms with Gasteiger partial charge in [-0.2, -0.15) is 0 Å². The third-order valence-corrected chi connectivity index (χ3v) is 3.18. The number of hydrogen-bond donors (Lipinski definition) is 0. The molecule has 3 rings (SSSR count). The van der Waals surface area contributed by atoms with Gasteiger partial charge in [-0.05, 0) is 25.6 Å². The largest absolute Gasteiger partial charge is 0.302 e. The minimum atomic E-state index is 1.01. The molecule has 78 valence electrons. The standard InChI is InChI=1S/C12H15N3/c1-9-4-3-6-15-11-8-14(2)7-5-10(11)13-12(9)15/h3-4,6H,5,7-8H2,1-2H3. The van der Waals surface area contributed by atoms with Crippen molar-refractivity contribution in [2.24, 2.45) is 0 Å². The molecule has 0 unspecified atom stereocenters. The van der Waals surface area contributed by atoms with Crippen molar-refractivity contribution < 1.29 is 0 Å². The maximum Gasteiger partial charge on any atom is 0.140 e. The summed E-state index contributed by atoms with van der Waals surface area (Å²) >= 11 is 0. The molecule has 0 aromatic carbocycles. The van der Waals surface area contributed by atoms with Crippen LogP contribution in [0.25, 0.3) is 5.65 Å². The highest BCUT2D eigenvalue weighted by atomic mass is 15.1. The second kappa shape index (κ2) is 3.07. The molecule has 2 aromatic rings. The molecule has 3 heteroatoms. The Morgan fingerprint density at radius 1 is 1.40 bits per heavy atom. The predicted octanol–water partition coefficient (Wildman–Crippen LogP) is 1.63. The Balaban J connectivity index is 2.29. The van der Waals surface area contributed by atoms with Crippen molar-refractivity contribution in [3.63, 3.8) is 0 Å². The molecule has 0 saturated heterocycles. The van der Waals surface area contributed by atoms with Gasteiger partial charge in [-0.1, -0.05) is 6.07 Å². The third kappa shape index (κ3) is 1.27. The van der Waals surface area contributed by atoms with Crippen molar-refractivity contribution in [2.75, 3.05) is 13.6 Å². The van der Waals surface area contributed by atoms with Crippen molar-refractivity contribution in [3.05, 3.63) is 35.3 Å². The fourth-order valence-corrected chi connectivity index (χ4v) is 2.30. The summed E-state index contributed by atoms with van der Waals surface area (Å²) in [5, 5.41) is 0. The molecule has 0 bridgehead atoms. The first-order chi connectivity index (χ1) is 7.25. The highest BCUT2D eigenvalue weighted by Gasteiger charge is 2.19. The lowest BCUT2D eigenvalue weighted by Gasteiger charge is -2.21. The van der Waals surface area contributed by atoms with Gasteiger partial charge >= 0.3 is 0 Å². The fraction of sp³-hybridized carbons (Fsp3) is 0.417. The van der Waals surface area contributed by atoms with E-state index < -0.39 is 0 Å². The molecule has 0 radical (unpaired) electrons. The number of nitrogens with zero attached hydrogens (tertiary/aromatic N) is 3. The molecule has 0 saturated carbocycles. The van der Waals surface area contributed by atoms with Crippen LogP contribution in [0.5, 0.6) is 0 Å². The molecule has 0 N–H and O–H groups in total. The molecule has 0 spiro atoms. The molecule has 0 fully saturated rings. The quantitative estimate of drug-likeness (QED) is 0.645. The Kier molecular flexibility index (Phi) is 1.83. The highest BCUT2D eigenvalue weighted by Crippen LogP contribution is 2.20. The van der Waals surface area contributed by atoms with Crippen LogP contribution >= 0.6 is 0 Å². The minimum Gasteiger partial charge on any atom is -0.302 e. The van der Waals surface area contributed by atoms with E-state index >= 15 is 0 Å². The monoisotopic (exact) mass is 201 g/mol. The summed E-state index contributed by atoms with van der Waals surface area (Å²) in [6.45, 7) is 4.26. The van der Waals surface area contributed by atoms with Crippen LogP contribution in [0.3, 0.4) is 0 Å². The number of aromatic nitrogens is 2. The van der Waals surface area contributed by atoms with Crippen molar-refractivity contribution in [1.82, 2.24) is 14.3 Å². The van der Waals surface area contributed by atoms with Gasteiger partial charge in [0.1, 0.15) is 5.65 Å². The number of fused-ring (bicyclic) bond motifs is 3. The summed E-state index contributed by atoms with van der Waals surface area (Å²) in [6.07, 6.45) is 3.19. The average Bonchev–Trinajstić information content (AvgIpc) is 2.58. The molecule has 1 aliphatic rings. The number of aryl methyl sites for hydroxylation is 1. The van der Waals surface area contributed by atoms with E-state index in [-0.39, 0.29) is 0 Å². The van der Waals surface area contributed by atoms with E-state index in [1.165, 1.54) is 17.0 Å². The van der Waals surface area contributed by atoms with Crippen molar-refractivity contribution in [1.29, 1.82) is 0 Å².